The van der Waals surface area contributed by atoms with Gasteiger partial charge in [0.05, 0.1) is 39.0 Å². The van der Waals surface area contributed by atoms with Crippen molar-refractivity contribution in [3.8, 4) is 23.0 Å². The van der Waals surface area contributed by atoms with Gasteiger partial charge in [0.1, 0.15) is 11.5 Å². The molecular formula is C22H24N2O5S. The number of hydrogen-bond donors (Lipinski definition) is 0. The number of methoxy groups -OCH3 is 4. The lowest BCUT2D eigenvalue weighted by molar-refractivity contribution is -0.122. The number of benzene rings is 2. The Hall–Kier alpha value is -3.13. The summed E-state index contributed by atoms with van der Waals surface area (Å²) >= 11 is 1.32. The minimum absolute atomic E-state index is 0.105. The molecular weight excluding hydrogens is 404 g/mol. The van der Waals surface area contributed by atoms with Crippen molar-refractivity contribution in [2.45, 2.75) is 6.92 Å². The zero-order chi connectivity index (χ0) is 21.7. The van der Waals surface area contributed by atoms with Crippen LogP contribution in [0.25, 0.3) is 6.08 Å². The topological polar surface area (TPSA) is 69.6 Å². The van der Waals surface area contributed by atoms with Crippen molar-refractivity contribution in [3.05, 3.63) is 46.9 Å². The summed E-state index contributed by atoms with van der Waals surface area (Å²) in [5, 5.41) is 0.623. The van der Waals surface area contributed by atoms with E-state index in [1.165, 1.54) is 11.8 Å². The average molecular weight is 429 g/mol. The van der Waals surface area contributed by atoms with Crippen LogP contribution >= 0.6 is 11.8 Å². The second-order valence-electron chi connectivity index (χ2n) is 6.20. The van der Waals surface area contributed by atoms with Gasteiger partial charge in [-0.25, -0.2) is 4.99 Å². The molecule has 0 aromatic heterocycles. The van der Waals surface area contributed by atoms with Crippen LogP contribution in [0.4, 0.5) is 5.69 Å². The quantitative estimate of drug-likeness (QED) is 0.611. The van der Waals surface area contributed by atoms with E-state index in [9.17, 15) is 4.79 Å². The first-order valence-electron chi connectivity index (χ1n) is 9.28. The third-order valence-corrected chi connectivity index (χ3v) is 5.53. The first kappa shape index (κ1) is 21.6. The number of nitrogens with zero attached hydrogens (tertiary/aromatic N) is 2. The standard InChI is InChI=1S/C22H24N2O5S/c1-6-24-21(25)20(30-22(24)23-15-7-9-16(26-2)10-8-15)12-14-11-18(28-4)19(29-5)13-17(14)27-3/h7-13H,6H2,1-5H3/b20-12+,23-22?. The molecule has 2 aromatic carbocycles. The van der Waals surface area contributed by atoms with Gasteiger partial charge in [0.15, 0.2) is 16.7 Å². The van der Waals surface area contributed by atoms with Gasteiger partial charge in [0.25, 0.3) is 5.91 Å². The lowest BCUT2D eigenvalue weighted by atomic mass is 10.1. The molecule has 0 N–H and O–H groups in total. The van der Waals surface area contributed by atoms with Crippen LogP contribution in [0.5, 0.6) is 23.0 Å². The van der Waals surface area contributed by atoms with E-state index in [1.807, 2.05) is 31.2 Å². The van der Waals surface area contributed by atoms with Gasteiger partial charge in [-0.15, -0.1) is 0 Å². The minimum atomic E-state index is -0.105. The molecule has 0 spiro atoms. The number of aliphatic imine (C=N–C) groups is 1. The second kappa shape index (κ2) is 9.58. The zero-order valence-electron chi connectivity index (χ0n) is 17.6. The Morgan fingerprint density at radius 3 is 2.13 bits per heavy atom. The van der Waals surface area contributed by atoms with Crippen LogP contribution in [-0.2, 0) is 4.79 Å². The highest BCUT2D eigenvalue weighted by Gasteiger charge is 2.32. The Kier molecular flexibility index (Phi) is 6.89. The van der Waals surface area contributed by atoms with Crippen LogP contribution in [0.3, 0.4) is 0 Å². The highest BCUT2D eigenvalue weighted by molar-refractivity contribution is 8.18. The molecule has 2 aromatic rings. The lowest BCUT2D eigenvalue weighted by Gasteiger charge is -2.13. The molecule has 0 unspecified atom stereocenters. The van der Waals surface area contributed by atoms with Crippen molar-refractivity contribution in [2.75, 3.05) is 35.0 Å². The van der Waals surface area contributed by atoms with Gasteiger partial charge in [-0.1, -0.05) is 0 Å². The molecule has 30 heavy (non-hydrogen) atoms. The summed E-state index contributed by atoms with van der Waals surface area (Å²) in [6, 6.07) is 10.9. The number of ether oxygens (including phenoxy) is 4. The van der Waals surface area contributed by atoms with Gasteiger partial charge in [-0.2, -0.15) is 0 Å². The molecule has 0 aliphatic carbocycles. The van der Waals surface area contributed by atoms with Gasteiger partial charge < -0.3 is 18.9 Å². The molecule has 0 bridgehead atoms. The molecule has 3 rings (SSSR count). The fraction of sp³-hybridized carbons (Fsp3) is 0.273. The van der Waals surface area contributed by atoms with E-state index in [4.69, 9.17) is 18.9 Å². The third kappa shape index (κ3) is 4.38. The number of amides is 1. The van der Waals surface area contributed by atoms with E-state index in [0.29, 0.717) is 39.4 Å². The van der Waals surface area contributed by atoms with Crippen molar-refractivity contribution in [1.29, 1.82) is 0 Å². The summed E-state index contributed by atoms with van der Waals surface area (Å²) in [6.45, 7) is 2.43. The third-order valence-electron chi connectivity index (χ3n) is 4.52. The summed E-state index contributed by atoms with van der Waals surface area (Å²) in [4.78, 5) is 19.8. The van der Waals surface area contributed by atoms with Crippen LogP contribution in [0.1, 0.15) is 12.5 Å². The van der Waals surface area contributed by atoms with E-state index in [2.05, 4.69) is 4.99 Å². The van der Waals surface area contributed by atoms with Crippen LogP contribution in [-0.4, -0.2) is 51.0 Å². The molecule has 7 nitrogen and oxygen atoms in total. The van der Waals surface area contributed by atoms with Gasteiger partial charge in [0.2, 0.25) is 0 Å². The van der Waals surface area contributed by atoms with Gasteiger partial charge in [-0.3, -0.25) is 9.69 Å². The Labute approximate surface area is 180 Å². The smallest absolute Gasteiger partial charge is 0.266 e. The molecule has 0 radical (unpaired) electrons. The van der Waals surface area contributed by atoms with Crippen molar-refractivity contribution >= 4 is 34.6 Å². The molecule has 1 fully saturated rings. The summed E-state index contributed by atoms with van der Waals surface area (Å²) in [7, 11) is 6.31. The molecule has 0 atom stereocenters. The highest BCUT2D eigenvalue weighted by atomic mass is 32.2. The molecule has 1 heterocycles. The van der Waals surface area contributed by atoms with Gasteiger partial charge >= 0.3 is 0 Å². The molecule has 8 heteroatoms. The van der Waals surface area contributed by atoms with E-state index in [0.717, 1.165) is 11.4 Å². The number of likely N-dealkylation sites (N-methyl/N-ethyl adjacent to an activating group) is 1. The average Bonchev–Trinajstić information content (AvgIpc) is 3.07. The monoisotopic (exact) mass is 428 g/mol. The van der Waals surface area contributed by atoms with Crippen molar-refractivity contribution in [1.82, 2.24) is 4.90 Å². The van der Waals surface area contributed by atoms with Gasteiger partial charge in [0, 0.05) is 18.2 Å². The maximum Gasteiger partial charge on any atom is 0.266 e. The summed E-state index contributed by atoms with van der Waals surface area (Å²) in [5.74, 6) is 2.34. The first-order valence-corrected chi connectivity index (χ1v) is 10.1. The molecule has 1 amide bonds. The number of carbonyl (C=O) groups is 1. The number of rotatable bonds is 7. The predicted octanol–water partition coefficient (Wildman–Crippen LogP) is 4.34. The van der Waals surface area contributed by atoms with Crippen LogP contribution in [0, 0.1) is 0 Å². The predicted molar refractivity (Wildman–Crippen MR) is 119 cm³/mol. The fourth-order valence-corrected chi connectivity index (χ4v) is 4.00. The summed E-state index contributed by atoms with van der Waals surface area (Å²) < 4.78 is 21.4. The number of amidine groups is 1. The number of thioether (sulfide) groups is 1. The number of hydrogen-bond acceptors (Lipinski definition) is 7. The Morgan fingerprint density at radius 2 is 1.57 bits per heavy atom. The summed E-state index contributed by atoms with van der Waals surface area (Å²) in [6.07, 6.45) is 1.78. The second-order valence-corrected chi connectivity index (χ2v) is 7.21. The minimum Gasteiger partial charge on any atom is -0.497 e. The molecule has 0 saturated carbocycles. The first-order chi connectivity index (χ1) is 14.5. The van der Waals surface area contributed by atoms with Crippen LogP contribution in [0.15, 0.2) is 46.3 Å². The number of carbonyl (C=O) groups excluding carboxylic acids is 1. The van der Waals surface area contributed by atoms with Crippen molar-refractivity contribution in [2.24, 2.45) is 4.99 Å². The van der Waals surface area contributed by atoms with Crippen LogP contribution < -0.4 is 18.9 Å². The SMILES string of the molecule is CCN1C(=O)/C(=C\c2cc(OC)c(OC)cc2OC)SC1=Nc1ccc(OC)cc1. The van der Waals surface area contributed by atoms with E-state index < -0.39 is 0 Å². The Balaban J connectivity index is 1.98. The maximum atomic E-state index is 13.0. The van der Waals surface area contributed by atoms with Crippen molar-refractivity contribution < 1.29 is 23.7 Å². The summed E-state index contributed by atoms with van der Waals surface area (Å²) in [5.41, 5.74) is 1.46. The van der Waals surface area contributed by atoms with E-state index >= 15 is 0 Å². The maximum absolute atomic E-state index is 13.0. The lowest BCUT2D eigenvalue weighted by Crippen LogP contribution is -2.28. The zero-order valence-corrected chi connectivity index (χ0v) is 18.4. The van der Waals surface area contributed by atoms with E-state index in [1.54, 1.807) is 51.5 Å². The molecule has 1 aliphatic heterocycles. The molecule has 1 saturated heterocycles. The van der Waals surface area contributed by atoms with Crippen molar-refractivity contribution in [3.63, 3.8) is 0 Å². The normalized spacial score (nSPS) is 16.3. The molecule has 158 valence electrons. The largest absolute Gasteiger partial charge is 0.497 e. The Bertz CT molecular complexity index is 986. The molecule has 1 aliphatic rings. The van der Waals surface area contributed by atoms with Crippen LogP contribution in [0.2, 0.25) is 0 Å². The highest BCUT2D eigenvalue weighted by Crippen LogP contribution is 2.39. The fourth-order valence-electron chi connectivity index (χ4n) is 2.94. The van der Waals surface area contributed by atoms with Gasteiger partial charge in [-0.05, 0) is 55.1 Å². The van der Waals surface area contributed by atoms with E-state index in [-0.39, 0.29) is 5.91 Å². The Morgan fingerprint density at radius 1 is 0.933 bits per heavy atom.